The molecule has 0 unspecified atom stereocenters. The van der Waals surface area contributed by atoms with E-state index in [4.69, 9.17) is 0 Å². The Labute approximate surface area is 171 Å². The fourth-order valence-corrected chi connectivity index (χ4v) is 6.09. The first-order chi connectivity index (χ1) is 13.2. The van der Waals surface area contributed by atoms with Gasteiger partial charge in [0.25, 0.3) is 0 Å². The van der Waals surface area contributed by atoms with Gasteiger partial charge in [-0.1, -0.05) is 84.6 Å². The normalized spacial score (nSPS) is 11.9. The Bertz CT molecular complexity index is 424. The average molecular weight is 393 g/mol. The van der Waals surface area contributed by atoms with Gasteiger partial charge in [-0.15, -0.1) is 0 Å². The number of rotatable bonds is 16. The first kappa shape index (κ1) is 24.6. The molecule has 0 bridgehead atoms. The zero-order valence-corrected chi connectivity index (χ0v) is 19.7. The van der Waals surface area contributed by atoms with E-state index in [-0.39, 0.29) is 8.22 Å². The van der Waals surface area contributed by atoms with Crippen LogP contribution >= 0.6 is 8.22 Å². The van der Waals surface area contributed by atoms with Crippen molar-refractivity contribution in [3.63, 3.8) is 0 Å². The fraction of sp³-hybridized carbons (Fsp3) is 0.750. The molecule has 0 aromatic heterocycles. The van der Waals surface area contributed by atoms with Crippen LogP contribution in [0.15, 0.2) is 24.3 Å². The predicted octanol–water partition coefficient (Wildman–Crippen LogP) is 6.99. The van der Waals surface area contributed by atoms with Crippen molar-refractivity contribution in [2.24, 2.45) is 0 Å². The number of nitrogens with zero attached hydrogens (tertiary/aromatic N) is 2. The van der Waals surface area contributed by atoms with Crippen LogP contribution < -0.4 is 5.30 Å². The first-order valence-corrected chi connectivity index (χ1v) is 12.8. The van der Waals surface area contributed by atoms with Gasteiger partial charge in [0, 0.05) is 31.5 Å². The summed E-state index contributed by atoms with van der Waals surface area (Å²) < 4.78 is 5.68. The molecule has 2 nitrogen and oxygen atoms in total. The third-order valence-electron chi connectivity index (χ3n) is 5.19. The number of hydrogen-bond donors (Lipinski definition) is 0. The van der Waals surface area contributed by atoms with Crippen LogP contribution in [-0.2, 0) is 6.42 Å². The van der Waals surface area contributed by atoms with Gasteiger partial charge in [0.15, 0.2) is 0 Å². The number of hydrogen-bond acceptors (Lipinski definition) is 2. The Morgan fingerprint density at radius 2 is 0.963 bits per heavy atom. The van der Waals surface area contributed by atoms with Crippen LogP contribution in [0.4, 0.5) is 0 Å². The van der Waals surface area contributed by atoms with Gasteiger partial charge in [-0.25, -0.2) is 0 Å². The van der Waals surface area contributed by atoms with Crippen LogP contribution in [0.1, 0.15) is 91.5 Å². The van der Waals surface area contributed by atoms with E-state index in [2.05, 4.69) is 68.2 Å². The zero-order valence-electron chi connectivity index (χ0n) is 18.8. The van der Waals surface area contributed by atoms with Crippen molar-refractivity contribution in [1.82, 2.24) is 9.34 Å². The lowest BCUT2D eigenvalue weighted by atomic mass is 10.2. The van der Waals surface area contributed by atoms with Crippen LogP contribution in [-0.4, -0.2) is 35.5 Å². The Kier molecular flexibility index (Phi) is 14.1. The predicted molar refractivity (Wildman–Crippen MR) is 125 cm³/mol. The minimum absolute atomic E-state index is 0.380. The smallest absolute Gasteiger partial charge is 0.0724 e. The van der Waals surface area contributed by atoms with E-state index in [9.17, 15) is 0 Å². The molecule has 0 heterocycles. The van der Waals surface area contributed by atoms with Crippen LogP contribution in [0.5, 0.6) is 0 Å². The second-order valence-electron chi connectivity index (χ2n) is 7.63. The maximum Gasteiger partial charge on any atom is 0.0724 e. The van der Waals surface area contributed by atoms with Gasteiger partial charge < -0.3 is 0 Å². The summed E-state index contributed by atoms with van der Waals surface area (Å²) in [7, 11) is -0.380. The fourth-order valence-electron chi connectivity index (χ4n) is 3.34. The molecule has 0 spiro atoms. The first-order valence-electron chi connectivity index (χ1n) is 11.6. The highest BCUT2D eigenvalue weighted by Gasteiger charge is 2.26. The summed E-state index contributed by atoms with van der Waals surface area (Å²) in [6.45, 7) is 16.5. The van der Waals surface area contributed by atoms with E-state index >= 15 is 0 Å². The molecule has 0 saturated carbocycles. The van der Waals surface area contributed by atoms with E-state index in [0.717, 1.165) is 6.42 Å². The molecule has 156 valence electrons. The Morgan fingerprint density at radius 1 is 0.593 bits per heavy atom. The topological polar surface area (TPSA) is 6.48 Å². The molecule has 0 amide bonds. The summed E-state index contributed by atoms with van der Waals surface area (Å²) in [5.74, 6) is 0. The molecule has 0 radical (unpaired) electrons. The van der Waals surface area contributed by atoms with Crippen LogP contribution in [0, 0.1) is 0 Å². The van der Waals surface area contributed by atoms with Crippen molar-refractivity contribution >= 4 is 13.5 Å². The van der Waals surface area contributed by atoms with E-state index in [0.29, 0.717) is 0 Å². The second kappa shape index (κ2) is 15.5. The molecule has 0 aliphatic carbocycles. The highest BCUT2D eigenvalue weighted by molar-refractivity contribution is 7.61. The number of aryl methyl sites for hydroxylation is 1. The summed E-state index contributed by atoms with van der Waals surface area (Å²) >= 11 is 0. The highest BCUT2D eigenvalue weighted by Crippen LogP contribution is 2.44. The van der Waals surface area contributed by atoms with Crippen molar-refractivity contribution < 1.29 is 0 Å². The average Bonchev–Trinajstić information content (AvgIpc) is 2.71. The van der Waals surface area contributed by atoms with E-state index < -0.39 is 0 Å². The lowest BCUT2D eigenvalue weighted by molar-refractivity contribution is 0.367. The summed E-state index contributed by atoms with van der Waals surface area (Å²) in [4.78, 5) is 0. The molecule has 27 heavy (non-hydrogen) atoms. The van der Waals surface area contributed by atoms with Crippen LogP contribution in [0.2, 0.25) is 0 Å². The molecular weight excluding hydrogens is 347 g/mol. The lowest BCUT2D eigenvalue weighted by Crippen LogP contribution is -2.36. The minimum Gasteiger partial charge on any atom is -0.266 e. The highest BCUT2D eigenvalue weighted by atomic mass is 31.1. The summed E-state index contributed by atoms with van der Waals surface area (Å²) in [5, 5.41) is 1.56. The molecule has 3 heteroatoms. The van der Waals surface area contributed by atoms with Gasteiger partial charge in [0.1, 0.15) is 0 Å². The monoisotopic (exact) mass is 392 g/mol. The van der Waals surface area contributed by atoms with Crippen molar-refractivity contribution in [2.75, 3.05) is 26.2 Å². The van der Waals surface area contributed by atoms with Crippen molar-refractivity contribution in [3.8, 4) is 0 Å². The van der Waals surface area contributed by atoms with Gasteiger partial charge in [0.2, 0.25) is 0 Å². The molecule has 1 aromatic carbocycles. The molecule has 0 saturated heterocycles. The van der Waals surface area contributed by atoms with E-state index in [1.165, 1.54) is 83.1 Å². The van der Waals surface area contributed by atoms with Crippen molar-refractivity contribution in [2.45, 2.75) is 92.4 Å². The summed E-state index contributed by atoms with van der Waals surface area (Å²) in [5.41, 5.74) is 1.45. The molecule has 0 aliphatic heterocycles. The largest absolute Gasteiger partial charge is 0.266 e. The number of unbranched alkanes of at least 4 members (excludes halogenated alkanes) is 4. The molecule has 0 atom stereocenters. The quantitative estimate of drug-likeness (QED) is 0.280. The molecule has 0 N–H and O–H groups in total. The minimum atomic E-state index is -0.380. The molecule has 0 fully saturated rings. The third-order valence-corrected chi connectivity index (χ3v) is 7.82. The molecule has 1 aromatic rings. The molecular formula is C24H45N2P. The third kappa shape index (κ3) is 9.07. The Hall–Kier alpha value is -0.430. The van der Waals surface area contributed by atoms with Crippen LogP contribution in [0.3, 0.4) is 0 Å². The maximum atomic E-state index is 2.84. The van der Waals surface area contributed by atoms with E-state index in [1.807, 2.05) is 0 Å². The Morgan fingerprint density at radius 3 is 1.26 bits per heavy atom. The van der Waals surface area contributed by atoms with Gasteiger partial charge in [-0.05, 0) is 37.7 Å². The molecule has 1 rings (SSSR count). The lowest BCUT2D eigenvalue weighted by Gasteiger charge is -2.40. The second-order valence-corrected chi connectivity index (χ2v) is 9.86. The SMILES string of the molecule is CCCCN(CCCC)P(c1ccc(CC)cc1)N(CCCC)CCCC. The maximum absolute atomic E-state index is 2.84. The number of benzene rings is 1. The summed E-state index contributed by atoms with van der Waals surface area (Å²) in [6, 6.07) is 9.58. The van der Waals surface area contributed by atoms with Crippen molar-refractivity contribution in [1.29, 1.82) is 0 Å². The molecule has 0 aliphatic rings. The van der Waals surface area contributed by atoms with Crippen LogP contribution in [0.25, 0.3) is 0 Å². The van der Waals surface area contributed by atoms with Crippen molar-refractivity contribution in [3.05, 3.63) is 29.8 Å². The van der Waals surface area contributed by atoms with Gasteiger partial charge >= 0.3 is 0 Å². The van der Waals surface area contributed by atoms with E-state index in [1.54, 1.807) is 5.30 Å². The van der Waals surface area contributed by atoms with Gasteiger partial charge in [0.05, 0.1) is 8.22 Å². The van der Waals surface area contributed by atoms with Gasteiger partial charge in [-0.2, -0.15) is 0 Å². The Balaban J connectivity index is 3.17. The summed E-state index contributed by atoms with van der Waals surface area (Å²) in [6.07, 6.45) is 11.5. The van der Waals surface area contributed by atoms with Gasteiger partial charge in [-0.3, -0.25) is 9.34 Å². The zero-order chi connectivity index (χ0) is 19.9. The standard InChI is InChI=1S/C24H45N2P/c1-6-11-19-25(20-12-7-2)27(24-17-15-23(10-5)16-18-24)26(21-13-8-3)22-14-9-4/h15-18H,6-14,19-22H2,1-5H3.